The zero-order valence-corrected chi connectivity index (χ0v) is 16.6. The van der Waals surface area contributed by atoms with E-state index in [0.717, 1.165) is 17.1 Å². The largest absolute Gasteiger partial charge is 0.350 e. The molecular weight excluding hydrogens is 372 g/mol. The van der Waals surface area contributed by atoms with Gasteiger partial charge in [0.1, 0.15) is 0 Å². The first-order valence-electron chi connectivity index (χ1n) is 8.41. The molecule has 1 amide bonds. The number of anilines is 1. The smallest absolute Gasteiger partial charge is 0.264 e. The summed E-state index contributed by atoms with van der Waals surface area (Å²) in [5.41, 5.74) is 0.762. The number of carbonyl (C=O) groups excluding carboxylic acids is 1. The summed E-state index contributed by atoms with van der Waals surface area (Å²) < 4.78 is 26.9. The van der Waals surface area contributed by atoms with Gasteiger partial charge >= 0.3 is 0 Å². The van der Waals surface area contributed by atoms with Crippen LogP contribution >= 0.6 is 11.6 Å². The summed E-state index contributed by atoms with van der Waals surface area (Å²) in [6, 6.07) is 12.7. The van der Waals surface area contributed by atoms with Gasteiger partial charge in [-0.25, -0.2) is 8.42 Å². The number of rotatable bonds is 7. The predicted octanol–water partition coefficient (Wildman–Crippen LogP) is 4.08. The van der Waals surface area contributed by atoms with Crippen LogP contribution in [-0.2, 0) is 10.0 Å². The molecule has 0 bridgehead atoms. The standard InChI is InChI=1S/C19H23ClN2O3S/c1-4-7-14(2)21-19(23)15-8-5-11-18(12-15)26(24,25)22(3)17-10-6-9-16(20)13-17/h5-6,8-14H,4,7H2,1-3H3,(H,21,23)/t14-/m0/s1. The van der Waals surface area contributed by atoms with Crippen molar-refractivity contribution in [1.29, 1.82) is 0 Å². The quantitative estimate of drug-likeness (QED) is 0.769. The Labute approximate surface area is 160 Å². The monoisotopic (exact) mass is 394 g/mol. The predicted molar refractivity (Wildman–Crippen MR) is 105 cm³/mol. The van der Waals surface area contributed by atoms with Crippen LogP contribution in [-0.4, -0.2) is 27.4 Å². The SMILES string of the molecule is CCC[C@H](C)NC(=O)c1cccc(S(=O)(=O)N(C)c2cccc(Cl)c2)c1. The molecule has 0 aliphatic heterocycles. The Morgan fingerprint density at radius 2 is 1.88 bits per heavy atom. The Morgan fingerprint density at radius 1 is 1.19 bits per heavy atom. The first kappa shape index (κ1) is 20.3. The summed E-state index contributed by atoms with van der Waals surface area (Å²) >= 11 is 5.95. The second-order valence-corrected chi connectivity index (χ2v) is 8.55. The molecule has 26 heavy (non-hydrogen) atoms. The van der Waals surface area contributed by atoms with Crippen molar-refractivity contribution in [3.63, 3.8) is 0 Å². The van der Waals surface area contributed by atoms with Crippen LogP contribution in [0.15, 0.2) is 53.4 Å². The fraction of sp³-hybridized carbons (Fsp3) is 0.316. The fourth-order valence-electron chi connectivity index (χ4n) is 2.58. The van der Waals surface area contributed by atoms with Crippen LogP contribution in [0.1, 0.15) is 37.0 Å². The van der Waals surface area contributed by atoms with Crippen molar-refractivity contribution in [2.75, 3.05) is 11.4 Å². The molecule has 0 aliphatic carbocycles. The molecule has 0 saturated heterocycles. The molecule has 0 radical (unpaired) electrons. The highest BCUT2D eigenvalue weighted by Gasteiger charge is 2.23. The second kappa shape index (κ2) is 8.56. The molecule has 140 valence electrons. The average Bonchev–Trinajstić information content (AvgIpc) is 2.61. The molecule has 1 N–H and O–H groups in total. The zero-order chi connectivity index (χ0) is 19.3. The number of benzene rings is 2. The first-order valence-corrected chi connectivity index (χ1v) is 10.2. The third-order valence-electron chi connectivity index (χ3n) is 4.03. The maximum absolute atomic E-state index is 12.9. The summed E-state index contributed by atoms with van der Waals surface area (Å²) in [6.45, 7) is 3.97. The van der Waals surface area contributed by atoms with Gasteiger partial charge in [0.15, 0.2) is 0 Å². The Balaban J connectivity index is 2.29. The minimum Gasteiger partial charge on any atom is -0.350 e. The Morgan fingerprint density at radius 3 is 2.54 bits per heavy atom. The normalized spacial score (nSPS) is 12.5. The summed E-state index contributed by atoms with van der Waals surface area (Å²) in [4.78, 5) is 12.4. The summed E-state index contributed by atoms with van der Waals surface area (Å²) in [5, 5.41) is 3.33. The van der Waals surface area contributed by atoms with Gasteiger partial charge in [0.2, 0.25) is 0 Å². The molecule has 5 nitrogen and oxygen atoms in total. The lowest BCUT2D eigenvalue weighted by Crippen LogP contribution is -2.32. The first-order chi connectivity index (χ1) is 12.3. The minimum atomic E-state index is -3.81. The highest BCUT2D eigenvalue weighted by Crippen LogP contribution is 2.25. The average molecular weight is 395 g/mol. The van der Waals surface area contributed by atoms with Gasteiger partial charge in [-0.2, -0.15) is 0 Å². The van der Waals surface area contributed by atoms with Gasteiger partial charge in [-0.1, -0.05) is 37.1 Å². The Hall–Kier alpha value is -2.05. The molecule has 0 unspecified atom stereocenters. The number of halogens is 1. The number of sulfonamides is 1. The van der Waals surface area contributed by atoms with Crippen LogP contribution in [0.5, 0.6) is 0 Å². The van der Waals surface area contributed by atoms with E-state index in [1.165, 1.54) is 19.2 Å². The molecule has 2 aromatic carbocycles. The van der Waals surface area contributed by atoms with Gasteiger partial charge in [-0.15, -0.1) is 0 Å². The van der Waals surface area contributed by atoms with E-state index in [9.17, 15) is 13.2 Å². The van der Waals surface area contributed by atoms with Gasteiger partial charge in [-0.05, 0) is 49.7 Å². The molecule has 0 spiro atoms. The summed E-state index contributed by atoms with van der Waals surface area (Å²) in [6.07, 6.45) is 1.82. The Kier molecular flexibility index (Phi) is 6.67. The number of hydrogen-bond acceptors (Lipinski definition) is 3. The highest BCUT2D eigenvalue weighted by atomic mass is 35.5. The van der Waals surface area contributed by atoms with Crippen LogP contribution in [0.25, 0.3) is 0 Å². The van der Waals surface area contributed by atoms with Crippen LogP contribution in [0, 0.1) is 0 Å². The van der Waals surface area contributed by atoms with E-state index < -0.39 is 10.0 Å². The van der Waals surface area contributed by atoms with Crippen LogP contribution in [0.2, 0.25) is 5.02 Å². The molecule has 0 aliphatic rings. The van der Waals surface area contributed by atoms with Gasteiger partial charge in [-0.3, -0.25) is 9.10 Å². The second-order valence-electron chi connectivity index (χ2n) is 6.14. The van der Waals surface area contributed by atoms with E-state index in [1.807, 2.05) is 13.8 Å². The van der Waals surface area contributed by atoms with Crippen LogP contribution in [0.3, 0.4) is 0 Å². The number of nitrogens with one attached hydrogen (secondary N) is 1. The maximum atomic E-state index is 12.9. The third kappa shape index (κ3) is 4.77. The number of amides is 1. The number of nitrogens with zero attached hydrogens (tertiary/aromatic N) is 1. The van der Waals surface area contributed by atoms with Crippen molar-refractivity contribution in [2.24, 2.45) is 0 Å². The van der Waals surface area contributed by atoms with Crippen molar-refractivity contribution >= 4 is 33.2 Å². The van der Waals surface area contributed by atoms with Crippen LogP contribution in [0.4, 0.5) is 5.69 Å². The lowest BCUT2D eigenvalue weighted by molar-refractivity contribution is 0.0938. The van der Waals surface area contributed by atoms with Gasteiger partial charge in [0, 0.05) is 23.7 Å². The number of hydrogen-bond donors (Lipinski definition) is 1. The molecule has 7 heteroatoms. The van der Waals surface area contributed by atoms with Gasteiger partial charge in [0.05, 0.1) is 10.6 Å². The molecule has 1 atom stereocenters. The molecule has 0 heterocycles. The highest BCUT2D eigenvalue weighted by molar-refractivity contribution is 7.92. The van der Waals surface area contributed by atoms with Gasteiger partial charge in [0.25, 0.3) is 15.9 Å². The van der Waals surface area contributed by atoms with E-state index in [1.54, 1.807) is 36.4 Å². The summed E-state index contributed by atoms with van der Waals surface area (Å²) in [5.74, 6) is -0.284. The fourth-order valence-corrected chi connectivity index (χ4v) is 4.00. The van der Waals surface area contributed by atoms with E-state index in [2.05, 4.69) is 5.32 Å². The Bertz CT molecular complexity index is 884. The molecule has 0 saturated carbocycles. The van der Waals surface area contributed by atoms with E-state index in [-0.39, 0.29) is 16.8 Å². The van der Waals surface area contributed by atoms with Crippen LogP contribution < -0.4 is 9.62 Å². The third-order valence-corrected chi connectivity index (χ3v) is 6.04. The van der Waals surface area contributed by atoms with Crippen molar-refractivity contribution in [2.45, 2.75) is 37.6 Å². The zero-order valence-electron chi connectivity index (χ0n) is 15.1. The molecular formula is C19H23ClN2O3S. The molecule has 0 aromatic heterocycles. The van der Waals surface area contributed by atoms with Gasteiger partial charge < -0.3 is 5.32 Å². The van der Waals surface area contributed by atoms with E-state index >= 15 is 0 Å². The summed E-state index contributed by atoms with van der Waals surface area (Å²) in [7, 11) is -2.35. The lowest BCUT2D eigenvalue weighted by Gasteiger charge is -2.20. The van der Waals surface area contributed by atoms with Crippen molar-refractivity contribution in [3.8, 4) is 0 Å². The van der Waals surface area contributed by atoms with E-state index in [0.29, 0.717) is 16.3 Å². The molecule has 2 aromatic rings. The topological polar surface area (TPSA) is 66.5 Å². The maximum Gasteiger partial charge on any atom is 0.264 e. The molecule has 0 fully saturated rings. The number of carbonyl (C=O) groups is 1. The van der Waals surface area contributed by atoms with Crippen molar-refractivity contribution < 1.29 is 13.2 Å². The molecule has 2 rings (SSSR count). The van der Waals surface area contributed by atoms with Crippen molar-refractivity contribution in [1.82, 2.24) is 5.32 Å². The minimum absolute atomic E-state index is 0.0295. The lowest BCUT2D eigenvalue weighted by atomic mass is 10.1. The van der Waals surface area contributed by atoms with Crippen molar-refractivity contribution in [3.05, 3.63) is 59.1 Å². The van der Waals surface area contributed by atoms with E-state index in [4.69, 9.17) is 11.6 Å².